The van der Waals surface area contributed by atoms with E-state index in [0.717, 1.165) is 6.42 Å². The first-order valence-corrected chi connectivity index (χ1v) is 3.92. The molecule has 0 heterocycles. The molecule has 0 saturated carbocycles. The van der Waals surface area contributed by atoms with E-state index in [0.29, 0.717) is 6.61 Å². The molecule has 0 aromatic carbocycles. The van der Waals surface area contributed by atoms with Crippen LogP contribution < -0.4 is 18.9 Å². The number of hydrogen-bond acceptors (Lipinski definition) is 3. The van der Waals surface area contributed by atoms with Crippen LogP contribution in [-0.4, -0.2) is 11.0 Å². The molecule has 0 unspecified atom stereocenters. The molecule has 0 bridgehead atoms. The van der Waals surface area contributed by atoms with Crippen LogP contribution in [0.5, 0.6) is 0 Å². The fourth-order valence-electron chi connectivity index (χ4n) is 0.508. The van der Waals surface area contributed by atoms with Crippen LogP contribution in [0.15, 0.2) is 0 Å². The minimum atomic E-state index is 0. The van der Waals surface area contributed by atoms with Crippen molar-refractivity contribution in [2.24, 2.45) is 0 Å². The normalized spacial score (nSPS) is 8.10. The molecular weight excluding hydrogens is 159 g/mol. The third-order valence-electron chi connectivity index (χ3n) is 0.968. The molecule has 0 aliphatic heterocycles. The summed E-state index contributed by atoms with van der Waals surface area (Å²) in [6, 6.07) is 0. The SMILES string of the molecule is CCCCCOC(=S)[S-].[Li+]. The van der Waals surface area contributed by atoms with Gasteiger partial charge in [-0.1, -0.05) is 19.8 Å². The fourth-order valence-corrected chi connectivity index (χ4v) is 0.674. The number of hydrogen-bond donors (Lipinski definition) is 0. The molecule has 0 aromatic heterocycles. The van der Waals surface area contributed by atoms with Crippen molar-refractivity contribution in [3.05, 3.63) is 0 Å². The first kappa shape index (κ1) is 13.3. The van der Waals surface area contributed by atoms with E-state index in [1.807, 2.05) is 0 Å². The van der Waals surface area contributed by atoms with Crippen molar-refractivity contribution in [3.63, 3.8) is 0 Å². The van der Waals surface area contributed by atoms with Crippen LogP contribution in [0.1, 0.15) is 26.2 Å². The van der Waals surface area contributed by atoms with Crippen molar-refractivity contribution < 1.29 is 23.6 Å². The Morgan fingerprint density at radius 3 is 2.50 bits per heavy atom. The second kappa shape index (κ2) is 9.71. The van der Waals surface area contributed by atoms with E-state index in [9.17, 15) is 0 Å². The van der Waals surface area contributed by atoms with Gasteiger partial charge in [0, 0.05) is 4.38 Å². The Hall–Kier alpha value is 0.707. The van der Waals surface area contributed by atoms with E-state index in [1.54, 1.807) is 0 Å². The van der Waals surface area contributed by atoms with Gasteiger partial charge in [-0.2, -0.15) is 0 Å². The maximum atomic E-state index is 4.89. The molecule has 0 aliphatic rings. The average Bonchev–Trinajstić information content (AvgIpc) is 1.80. The number of ether oxygens (including phenoxy) is 1. The summed E-state index contributed by atoms with van der Waals surface area (Å²) in [5.41, 5.74) is 0. The smallest absolute Gasteiger partial charge is 0.514 e. The molecule has 0 saturated heterocycles. The molecule has 0 aromatic rings. The zero-order valence-corrected chi connectivity index (χ0v) is 8.19. The molecule has 10 heavy (non-hydrogen) atoms. The Morgan fingerprint density at radius 2 is 2.10 bits per heavy atom. The molecule has 0 atom stereocenters. The molecule has 0 radical (unpaired) electrons. The number of rotatable bonds is 4. The number of unbranched alkanes of at least 4 members (excludes halogenated alkanes) is 2. The van der Waals surface area contributed by atoms with Crippen LogP contribution in [0.3, 0.4) is 0 Å². The van der Waals surface area contributed by atoms with Gasteiger partial charge in [-0.3, -0.25) is 0 Å². The predicted octanol–water partition coefficient (Wildman–Crippen LogP) is -0.971. The molecule has 1 nitrogen and oxygen atoms in total. The van der Waals surface area contributed by atoms with Crippen LogP contribution in [0.4, 0.5) is 0 Å². The van der Waals surface area contributed by atoms with Gasteiger partial charge in [-0.05, 0) is 6.42 Å². The first-order chi connectivity index (χ1) is 4.27. The van der Waals surface area contributed by atoms with Gasteiger partial charge in [-0.25, -0.2) is 0 Å². The van der Waals surface area contributed by atoms with Gasteiger partial charge >= 0.3 is 18.9 Å². The molecule has 0 amide bonds. The van der Waals surface area contributed by atoms with Crippen LogP contribution in [0.2, 0.25) is 0 Å². The molecule has 0 aliphatic carbocycles. The molecule has 0 rings (SSSR count). The maximum Gasteiger partial charge on any atom is 1.00 e. The third-order valence-corrected chi connectivity index (χ3v) is 1.20. The Kier molecular flexibility index (Phi) is 12.9. The molecule has 0 fully saturated rings. The topological polar surface area (TPSA) is 9.23 Å². The minimum Gasteiger partial charge on any atom is -0.514 e. The van der Waals surface area contributed by atoms with Crippen molar-refractivity contribution in [3.8, 4) is 0 Å². The average molecular weight is 170 g/mol. The maximum absolute atomic E-state index is 4.89. The quantitative estimate of drug-likeness (QED) is 0.232. The summed E-state index contributed by atoms with van der Waals surface area (Å²) in [6.07, 6.45) is 3.46. The summed E-state index contributed by atoms with van der Waals surface area (Å²) in [6.45, 7) is 2.84. The second-order valence-electron chi connectivity index (χ2n) is 1.81. The Morgan fingerprint density at radius 1 is 1.50 bits per heavy atom. The van der Waals surface area contributed by atoms with E-state index in [-0.39, 0.29) is 23.2 Å². The van der Waals surface area contributed by atoms with Crippen LogP contribution >= 0.6 is 12.2 Å². The molecule has 54 valence electrons. The summed E-state index contributed by atoms with van der Waals surface area (Å²) >= 11 is 9.08. The van der Waals surface area contributed by atoms with Gasteiger partial charge in [0.25, 0.3) is 0 Å². The van der Waals surface area contributed by atoms with Crippen molar-refractivity contribution in [2.45, 2.75) is 26.2 Å². The van der Waals surface area contributed by atoms with Gasteiger partial charge in [0.2, 0.25) is 0 Å². The first-order valence-electron chi connectivity index (χ1n) is 3.11. The largest absolute Gasteiger partial charge is 1.00 e. The van der Waals surface area contributed by atoms with Crippen LogP contribution in [0, 0.1) is 0 Å². The monoisotopic (exact) mass is 170 g/mol. The Bertz CT molecular complexity index is 87.8. The van der Waals surface area contributed by atoms with Crippen molar-refractivity contribution >= 4 is 29.2 Å². The molecular formula is C6H11LiOS2. The van der Waals surface area contributed by atoms with Gasteiger partial charge in [0.1, 0.15) is 0 Å². The van der Waals surface area contributed by atoms with Crippen molar-refractivity contribution in [2.75, 3.05) is 6.61 Å². The predicted molar refractivity (Wildman–Crippen MR) is 45.4 cm³/mol. The summed E-state index contributed by atoms with van der Waals surface area (Å²) in [4.78, 5) is 0. The van der Waals surface area contributed by atoms with E-state index in [4.69, 9.17) is 4.74 Å². The van der Waals surface area contributed by atoms with E-state index in [1.165, 1.54) is 12.8 Å². The Labute approximate surface area is 85.5 Å². The zero-order valence-electron chi connectivity index (χ0n) is 6.55. The Balaban J connectivity index is 0. The van der Waals surface area contributed by atoms with Gasteiger partial charge in [0.15, 0.2) is 0 Å². The number of thiocarbonyl (C=S) groups is 1. The van der Waals surface area contributed by atoms with Gasteiger partial charge in [0.05, 0.1) is 6.61 Å². The summed E-state index contributed by atoms with van der Waals surface area (Å²) in [7, 11) is 0. The summed E-state index contributed by atoms with van der Waals surface area (Å²) in [5.74, 6) is 0. The van der Waals surface area contributed by atoms with Crippen LogP contribution in [0.25, 0.3) is 0 Å². The fraction of sp³-hybridized carbons (Fsp3) is 0.833. The summed E-state index contributed by atoms with van der Waals surface area (Å²) in [5, 5.41) is 0. The minimum absolute atomic E-state index is 0. The van der Waals surface area contributed by atoms with E-state index < -0.39 is 0 Å². The van der Waals surface area contributed by atoms with Gasteiger partial charge in [-0.15, -0.1) is 0 Å². The molecule has 0 spiro atoms. The molecule has 0 N–H and O–H groups in total. The summed E-state index contributed by atoms with van der Waals surface area (Å²) < 4.78 is 5.13. The third kappa shape index (κ3) is 11.5. The zero-order chi connectivity index (χ0) is 7.11. The van der Waals surface area contributed by atoms with Crippen LogP contribution in [-0.2, 0) is 17.4 Å². The van der Waals surface area contributed by atoms with Gasteiger partial charge < -0.3 is 29.6 Å². The van der Waals surface area contributed by atoms with Crippen molar-refractivity contribution in [1.82, 2.24) is 0 Å². The standard InChI is InChI=1S/C6H12OS2.Li/c1-2-3-4-5-7-6(8)9;/h2-5H2,1H3,(H,8,9);/q;+1/p-1. The van der Waals surface area contributed by atoms with Crippen molar-refractivity contribution in [1.29, 1.82) is 0 Å². The van der Waals surface area contributed by atoms with E-state index in [2.05, 4.69) is 31.8 Å². The van der Waals surface area contributed by atoms with E-state index >= 15 is 0 Å². The molecule has 4 heteroatoms. The second-order valence-corrected chi connectivity index (χ2v) is 2.81.